The molecule has 0 unspecified atom stereocenters. The lowest BCUT2D eigenvalue weighted by molar-refractivity contribution is -0.153. The Kier molecular flexibility index (Phi) is 5.01. The third-order valence-electron chi connectivity index (χ3n) is 7.64. The molecule has 14 heteroatoms. The molecule has 5 heterocycles. The van der Waals surface area contributed by atoms with Crippen LogP contribution in [-0.2, 0) is 25.5 Å². The maximum atomic E-state index is 16.2. The molecule has 6 rings (SSSR count). The quantitative estimate of drug-likeness (QED) is 0.480. The molecule has 13 nitrogen and oxygen atoms in total. The summed E-state index contributed by atoms with van der Waals surface area (Å²) < 4.78 is 32.5. The fourth-order valence-corrected chi connectivity index (χ4v) is 6.14. The van der Waals surface area contributed by atoms with Crippen LogP contribution in [0.4, 0.5) is 25.5 Å². The van der Waals surface area contributed by atoms with E-state index >= 15 is 4.39 Å². The summed E-state index contributed by atoms with van der Waals surface area (Å²) in [5, 5.41) is 18.5. The van der Waals surface area contributed by atoms with E-state index in [1.54, 1.807) is 18.7 Å². The Balaban J connectivity index is 1.57. The van der Waals surface area contributed by atoms with Crippen molar-refractivity contribution in [1.29, 1.82) is 0 Å². The van der Waals surface area contributed by atoms with Crippen LogP contribution in [0.15, 0.2) is 10.6 Å². The molecule has 37 heavy (non-hydrogen) atoms. The topological polar surface area (TPSA) is 164 Å². The predicted octanol–water partition coefficient (Wildman–Crippen LogP) is 0.564. The molecule has 196 valence electrons. The number of rotatable bonds is 2. The number of nitrogens with zero attached hydrogens (tertiary/aromatic N) is 3. The minimum absolute atomic E-state index is 0.0577. The standard InChI is InChI=1S/C23H24FN5O8/c1-8-6-28-15-11(5-23(17(28)10(3)36-8)19(31)25-21(33)26-20(23)32)4-12-16(14(15)24)37-27-18(12)29-13(9(2)30)7-35-22(29)34/h4,8-10,13,17,30H,5-7H2,1-3H3,(H2,25,26,31,32,33)/t8-,9+,10+,13-,17-/m1/s1. The monoisotopic (exact) mass is 517 g/mol. The molecule has 0 radical (unpaired) electrons. The summed E-state index contributed by atoms with van der Waals surface area (Å²) in [5.74, 6) is -2.45. The number of aliphatic hydroxyl groups is 1. The lowest BCUT2D eigenvalue weighted by Crippen LogP contribution is -2.75. The number of hydrogen-bond acceptors (Lipinski definition) is 10. The van der Waals surface area contributed by atoms with E-state index in [1.165, 1.54) is 13.0 Å². The second-order valence-corrected chi connectivity index (χ2v) is 9.97. The summed E-state index contributed by atoms with van der Waals surface area (Å²) in [7, 11) is 0. The molecule has 1 aromatic carbocycles. The third-order valence-corrected chi connectivity index (χ3v) is 7.64. The number of anilines is 2. The van der Waals surface area contributed by atoms with Crippen molar-refractivity contribution in [2.45, 2.75) is 57.6 Å². The van der Waals surface area contributed by atoms with Crippen molar-refractivity contribution in [3.8, 4) is 0 Å². The molecule has 2 aromatic rings. The number of amides is 5. The fourth-order valence-electron chi connectivity index (χ4n) is 6.14. The summed E-state index contributed by atoms with van der Waals surface area (Å²) in [6.07, 6.45) is -3.05. The maximum absolute atomic E-state index is 16.2. The number of benzene rings is 1. The molecule has 5 amide bonds. The van der Waals surface area contributed by atoms with Gasteiger partial charge in [-0.05, 0) is 32.4 Å². The SMILES string of the molecule is C[C@@H]1CN2c3c(cc4c(N5C(=O)OC[C@@H]5[C@H](C)O)noc4c3F)CC3(C(=O)NC(=O)NC3=O)[C@H]2[C@H](C)O1. The summed E-state index contributed by atoms with van der Waals surface area (Å²) >= 11 is 0. The smallest absolute Gasteiger partial charge is 0.416 e. The zero-order valence-electron chi connectivity index (χ0n) is 20.1. The van der Waals surface area contributed by atoms with Gasteiger partial charge in [-0.1, -0.05) is 5.16 Å². The first-order valence-electron chi connectivity index (χ1n) is 11.9. The van der Waals surface area contributed by atoms with Crippen molar-refractivity contribution in [3.05, 3.63) is 17.4 Å². The lowest BCUT2D eigenvalue weighted by Gasteiger charge is -2.55. The average molecular weight is 517 g/mol. The molecular weight excluding hydrogens is 493 g/mol. The third kappa shape index (κ3) is 3.11. The number of carbonyl (C=O) groups excluding carboxylic acids is 4. The van der Waals surface area contributed by atoms with Crippen LogP contribution >= 0.6 is 0 Å². The van der Waals surface area contributed by atoms with Crippen LogP contribution < -0.4 is 20.4 Å². The Morgan fingerprint density at radius 1 is 1.22 bits per heavy atom. The van der Waals surface area contributed by atoms with Gasteiger partial charge in [-0.2, -0.15) is 0 Å². The van der Waals surface area contributed by atoms with E-state index in [1.807, 2.05) is 0 Å². The Morgan fingerprint density at radius 2 is 1.92 bits per heavy atom. The molecular formula is C23H24FN5O8. The highest BCUT2D eigenvalue weighted by Crippen LogP contribution is 2.50. The van der Waals surface area contributed by atoms with Crippen LogP contribution in [0.3, 0.4) is 0 Å². The highest BCUT2D eigenvalue weighted by atomic mass is 19.1. The van der Waals surface area contributed by atoms with E-state index in [0.29, 0.717) is 0 Å². The summed E-state index contributed by atoms with van der Waals surface area (Å²) in [6, 6.07) is -1.12. The first kappa shape index (κ1) is 23.6. The predicted molar refractivity (Wildman–Crippen MR) is 122 cm³/mol. The minimum atomic E-state index is -1.80. The number of halogens is 1. The van der Waals surface area contributed by atoms with Crippen molar-refractivity contribution >= 4 is 46.4 Å². The molecule has 3 fully saturated rings. The number of cyclic esters (lactones) is 1. The lowest BCUT2D eigenvalue weighted by atomic mass is 9.66. The van der Waals surface area contributed by atoms with Gasteiger partial charge in [0.25, 0.3) is 0 Å². The van der Waals surface area contributed by atoms with Gasteiger partial charge in [0.15, 0.2) is 17.1 Å². The normalized spacial score (nSPS) is 29.6. The van der Waals surface area contributed by atoms with E-state index in [2.05, 4.69) is 15.8 Å². The second-order valence-electron chi connectivity index (χ2n) is 9.97. The number of barbiturate groups is 1. The highest BCUT2D eigenvalue weighted by Gasteiger charge is 2.63. The highest BCUT2D eigenvalue weighted by molar-refractivity contribution is 6.20. The number of aliphatic hydroxyl groups excluding tert-OH is 1. The number of fused-ring (bicyclic) bond motifs is 5. The average Bonchev–Trinajstić information content (AvgIpc) is 3.40. The second kappa shape index (κ2) is 7.86. The maximum Gasteiger partial charge on any atom is 0.416 e. The molecule has 3 N–H and O–H groups in total. The molecule has 5 atom stereocenters. The van der Waals surface area contributed by atoms with Gasteiger partial charge in [-0.3, -0.25) is 20.2 Å². The van der Waals surface area contributed by atoms with Gasteiger partial charge in [0.1, 0.15) is 12.6 Å². The number of imide groups is 2. The molecule has 4 aliphatic heterocycles. The van der Waals surface area contributed by atoms with E-state index in [0.717, 1.165) is 4.90 Å². The minimum Gasteiger partial charge on any atom is -0.447 e. The van der Waals surface area contributed by atoms with E-state index in [9.17, 15) is 24.3 Å². The number of nitrogens with one attached hydrogen (secondary N) is 2. The Bertz CT molecular complexity index is 1350. The van der Waals surface area contributed by atoms with Gasteiger partial charge in [-0.15, -0.1) is 0 Å². The van der Waals surface area contributed by atoms with Crippen LogP contribution in [0.25, 0.3) is 11.0 Å². The first-order chi connectivity index (χ1) is 17.5. The Morgan fingerprint density at radius 3 is 2.59 bits per heavy atom. The van der Waals surface area contributed by atoms with Gasteiger partial charge in [-0.25, -0.2) is 18.9 Å². The van der Waals surface area contributed by atoms with Gasteiger partial charge < -0.3 is 24.0 Å². The number of hydrogen-bond donors (Lipinski definition) is 3. The number of ether oxygens (including phenoxy) is 2. The number of urea groups is 1. The van der Waals surface area contributed by atoms with E-state index < -0.39 is 59.5 Å². The van der Waals surface area contributed by atoms with Crippen molar-refractivity contribution < 1.29 is 42.7 Å². The summed E-state index contributed by atoms with van der Waals surface area (Å²) in [5.41, 5.74) is -1.62. The van der Waals surface area contributed by atoms with Crippen molar-refractivity contribution in [2.75, 3.05) is 23.0 Å². The fraction of sp³-hybridized carbons (Fsp3) is 0.522. The van der Waals surface area contributed by atoms with E-state index in [-0.39, 0.29) is 53.7 Å². The van der Waals surface area contributed by atoms with Gasteiger partial charge in [0.05, 0.1) is 35.4 Å². The van der Waals surface area contributed by atoms with Crippen molar-refractivity contribution in [3.63, 3.8) is 0 Å². The number of aromatic nitrogens is 1. The molecule has 3 saturated heterocycles. The molecule has 1 spiro atoms. The number of carbonyl (C=O) groups is 4. The van der Waals surface area contributed by atoms with Crippen molar-refractivity contribution in [1.82, 2.24) is 15.8 Å². The first-order valence-corrected chi connectivity index (χ1v) is 11.9. The van der Waals surface area contributed by atoms with Crippen molar-refractivity contribution in [2.24, 2.45) is 5.41 Å². The van der Waals surface area contributed by atoms with Gasteiger partial charge >= 0.3 is 12.1 Å². The molecule has 0 saturated carbocycles. The zero-order chi connectivity index (χ0) is 26.4. The Hall–Kier alpha value is -3.78. The van der Waals surface area contributed by atoms with Crippen LogP contribution in [-0.4, -0.2) is 77.7 Å². The number of morpholine rings is 1. The van der Waals surface area contributed by atoms with Gasteiger partial charge in [0.2, 0.25) is 17.4 Å². The van der Waals surface area contributed by atoms with Crippen LogP contribution in [0.1, 0.15) is 26.3 Å². The molecule has 0 aliphatic carbocycles. The summed E-state index contributed by atoms with van der Waals surface area (Å²) in [6.45, 7) is 5.02. The molecule has 1 aromatic heterocycles. The van der Waals surface area contributed by atoms with Gasteiger partial charge in [0, 0.05) is 13.0 Å². The van der Waals surface area contributed by atoms with Crippen LogP contribution in [0.2, 0.25) is 0 Å². The van der Waals surface area contributed by atoms with Crippen LogP contribution in [0, 0.1) is 11.2 Å². The molecule has 0 bridgehead atoms. The largest absolute Gasteiger partial charge is 0.447 e. The molecule has 4 aliphatic rings. The van der Waals surface area contributed by atoms with Crippen LogP contribution in [0.5, 0.6) is 0 Å². The Labute approximate surface area is 208 Å². The zero-order valence-corrected chi connectivity index (χ0v) is 20.1. The summed E-state index contributed by atoms with van der Waals surface area (Å²) in [4.78, 5) is 53.7. The van der Waals surface area contributed by atoms with E-state index in [4.69, 9.17) is 14.0 Å².